The molecule has 0 saturated heterocycles. The lowest BCUT2D eigenvalue weighted by Gasteiger charge is -2.68. The van der Waals surface area contributed by atoms with E-state index < -0.39 is 0 Å². The Kier molecular flexibility index (Phi) is 1.79. The van der Waals surface area contributed by atoms with Gasteiger partial charge in [0.15, 0.2) is 0 Å². The molecule has 11 heavy (non-hydrogen) atoms. The minimum absolute atomic E-state index is 0.786. The minimum Gasteiger partial charge on any atom is -0.0788 e. The Labute approximate surface area is 83.3 Å². The van der Waals surface area contributed by atoms with Crippen LogP contribution in [0.25, 0.3) is 0 Å². The van der Waals surface area contributed by atoms with Crippen molar-refractivity contribution in [3.8, 4) is 0 Å². The molecule has 0 atom stereocenters. The monoisotopic (exact) mass is 264 g/mol. The van der Waals surface area contributed by atoms with Crippen LogP contribution in [0, 0.1) is 11.3 Å². The van der Waals surface area contributed by atoms with Gasteiger partial charge in [-0.05, 0) is 37.0 Å². The van der Waals surface area contributed by atoms with E-state index in [0.717, 1.165) is 14.8 Å². The summed E-state index contributed by atoms with van der Waals surface area (Å²) in [6, 6.07) is 0. The van der Waals surface area contributed by atoms with Crippen molar-refractivity contribution in [1.82, 2.24) is 0 Å². The average Bonchev–Trinajstić information content (AvgIpc) is 1.75. The molecule has 0 aliphatic heterocycles. The minimum atomic E-state index is 0.786. The molecule has 0 amide bonds. The lowest BCUT2D eigenvalue weighted by molar-refractivity contribution is -0.0729. The van der Waals surface area contributed by atoms with Crippen LogP contribution >= 0.6 is 22.6 Å². The van der Waals surface area contributed by atoms with Crippen molar-refractivity contribution in [1.29, 1.82) is 0 Å². The summed E-state index contributed by atoms with van der Waals surface area (Å²) in [5.41, 5.74) is 0.853. The van der Waals surface area contributed by atoms with E-state index in [1.54, 1.807) is 0 Å². The summed E-state index contributed by atoms with van der Waals surface area (Å²) in [5, 5.41) is 0. The lowest BCUT2D eigenvalue weighted by atomic mass is 9.43. The Balaban J connectivity index is 1.74. The SMILES string of the molecule is CC(C)CCC12CC(I)(C1)C2. The molecular weight excluding hydrogens is 247 g/mol. The van der Waals surface area contributed by atoms with Gasteiger partial charge in [-0.3, -0.25) is 0 Å². The van der Waals surface area contributed by atoms with E-state index in [1.165, 1.54) is 32.1 Å². The van der Waals surface area contributed by atoms with Crippen molar-refractivity contribution < 1.29 is 0 Å². The average molecular weight is 264 g/mol. The lowest BCUT2D eigenvalue weighted by Crippen LogP contribution is -2.62. The fourth-order valence-electron chi connectivity index (χ4n) is 2.72. The molecular formula is C10H17I. The van der Waals surface area contributed by atoms with E-state index in [-0.39, 0.29) is 0 Å². The van der Waals surface area contributed by atoms with E-state index in [1.807, 2.05) is 0 Å². The fourth-order valence-corrected chi connectivity index (χ4v) is 5.15. The molecule has 0 aromatic heterocycles. The summed E-state index contributed by atoms with van der Waals surface area (Å²) in [4.78, 5) is 0. The van der Waals surface area contributed by atoms with E-state index in [4.69, 9.17) is 0 Å². The topological polar surface area (TPSA) is 0 Å². The van der Waals surface area contributed by atoms with Crippen LogP contribution in [0.2, 0.25) is 0 Å². The Morgan fingerprint density at radius 1 is 1.27 bits per heavy atom. The van der Waals surface area contributed by atoms with Gasteiger partial charge in [-0.15, -0.1) is 0 Å². The Hall–Kier alpha value is 0.730. The molecule has 3 saturated carbocycles. The second-order valence-electron chi connectivity index (χ2n) is 5.11. The van der Waals surface area contributed by atoms with Crippen molar-refractivity contribution >= 4 is 22.6 Å². The van der Waals surface area contributed by atoms with Crippen LogP contribution in [0.3, 0.4) is 0 Å². The highest BCUT2D eigenvalue weighted by Gasteiger charge is 2.65. The number of hydrogen-bond acceptors (Lipinski definition) is 0. The highest BCUT2D eigenvalue weighted by Crippen LogP contribution is 2.73. The maximum Gasteiger partial charge on any atom is 0.0238 e. The molecule has 1 heteroatoms. The van der Waals surface area contributed by atoms with Crippen LogP contribution in [-0.2, 0) is 0 Å². The first kappa shape index (κ1) is 8.33. The predicted octanol–water partition coefficient (Wildman–Crippen LogP) is 3.78. The van der Waals surface area contributed by atoms with Gasteiger partial charge in [0.25, 0.3) is 0 Å². The van der Waals surface area contributed by atoms with Gasteiger partial charge < -0.3 is 0 Å². The predicted molar refractivity (Wildman–Crippen MR) is 57.1 cm³/mol. The van der Waals surface area contributed by atoms with Crippen molar-refractivity contribution in [3.63, 3.8) is 0 Å². The first-order valence-electron chi connectivity index (χ1n) is 4.73. The second kappa shape index (κ2) is 2.36. The number of alkyl halides is 1. The molecule has 64 valence electrons. The van der Waals surface area contributed by atoms with Crippen LogP contribution in [-0.4, -0.2) is 3.42 Å². The van der Waals surface area contributed by atoms with Gasteiger partial charge >= 0.3 is 0 Å². The molecule has 3 rings (SSSR count). The molecule has 0 heterocycles. The highest BCUT2D eigenvalue weighted by atomic mass is 127. The third-order valence-corrected chi connectivity index (χ3v) is 4.47. The Morgan fingerprint density at radius 3 is 2.18 bits per heavy atom. The van der Waals surface area contributed by atoms with Gasteiger partial charge in [0.1, 0.15) is 0 Å². The largest absolute Gasteiger partial charge is 0.0788 e. The molecule has 3 fully saturated rings. The van der Waals surface area contributed by atoms with E-state index in [0.29, 0.717) is 0 Å². The smallest absolute Gasteiger partial charge is 0.0238 e. The third-order valence-electron chi connectivity index (χ3n) is 3.33. The molecule has 0 nitrogen and oxygen atoms in total. The van der Waals surface area contributed by atoms with Crippen LogP contribution in [0.1, 0.15) is 46.0 Å². The second-order valence-corrected chi connectivity index (χ2v) is 7.40. The Bertz CT molecular complexity index is 152. The first-order valence-corrected chi connectivity index (χ1v) is 5.81. The van der Waals surface area contributed by atoms with Crippen molar-refractivity contribution in [2.75, 3.05) is 0 Å². The zero-order valence-electron chi connectivity index (χ0n) is 7.49. The zero-order chi connectivity index (χ0) is 8.11. The molecule has 3 aliphatic rings. The number of halogens is 1. The van der Waals surface area contributed by atoms with E-state index in [9.17, 15) is 0 Å². The van der Waals surface area contributed by atoms with Crippen LogP contribution in [0.4, 0.5) is 0 Å². The molecule has 0 aromatic rings. The highest BCUT2D eigenvalue weighted by molar-refractivity contribution is 14.1. The van der Waals surface area contributed by atoms with Crippen molar-refractivity contribution in [3.05, 3.63) is 0 Å². The number of hydrogen-bond donors (Lipinski definition) is 0. The van der Waals surface area contributed by atoms with E-state index >= 15 is 0 Å². The van der Waals surface area contributed by atoms with Gasteiger partial charge in [-0.1, -0.05) is 42.9 Å². The number of rotatable bonds is 3. The fraction of sp³-hybridized carbons (Fsp3) is 1.00. The summed E-state index contributed by atoms with van der Waals surface area (Å²) in [5.74, 6) is 0.911. The van der Waals surface area contributed by atoms with Crippen molar-refractivity contribution in [2.24, 2.45) is 11.3 Å². The van der Waals surface area contributed by atoms with Gasteiger partial charge in [-0.2, -0.15) is 0 Å². The van der Waals surface area contributed by atoms with Crippen LogP contribution in [0.15, 0.2) is 0 Å². The quantitative estimate of drug-likeness (QED) is 0.537. The molecule has 2 bridgehead atoms. The summed E-state index contributed by atoms with van der Waals surface area (Å²) in [6.07, 6.45) is 7.57. The maximum absolute atomic E-state index is 2.66. The zero-order valence-corrected chi connectivity index (χ0v) is 9.65. The normalized spacial score (nSPS) is 46.9. The van der Waals surface area contributed by atoms with Gasteiger partial charge in [-0.25, -0.2) is 0 Å². The molecule has 0 radical (unpaired) electrons. The van der Waals surface area contributed by atoms with Gasteiger partial charge in [0.05, 0.1) is 0 Å². The van der Waals surface area contributed by atoms with Gasteiger partial charge in [0.2, 0.25) is 0 Å². The molecule has 3 aliphatic carbocycles. The molecule has 0 spiro atoms. The summed E-state index contributed by atoms with van der Waals surface area (Å²) in [6.45, 7) is 4.68. The standard InChI is InChI=1S/C10H17I/c1-8(2)3-4-9-5-10(11,6-9)7-9/h8H,3-7H2,1-2H3. The van der Waals surface area contributed by atoms with Crippen LogP contribution in [0.5, 0.6) is 0 Å². The summed E-state index contributed by atoms with van der Waals surface area (Å²) in [7, 11) is 0. The molecule has 0 aromatic carbocycles. The van der Waals surface area contributed by atoms with Crippen LogP contribution < -0.4 is 0 Å². The van der Waals surface area contributed by atoms with E-state index in [2.05, 4.69) is 36.4 Å². The first-order chi connectivity index (χ1) is 5.04. The summed E-state index contributed by atoms with van der Waals surface area (Å²) < 4.78 is 0.786. The summed E-state index contributed by atoms with van der Waals surface area (Å²) >= 11 is 2.66. The van der Waals surface area contributed by atoms with Crippen molar-refractivity contribution in [2.45, 2.75) is 49.4 Å². The maximum atomic E-state index is 2.66. The molecule has 0 unspecified atom stereocenters. The third kappa shape index (κ3) is 1.34. The molecule has 0 N–H and O–H groups in total. The Morgan fingerprint density at radius 2 is 1.82 bits per heavy atom. The van der Waals surface area contributed by atoms with Gasteiger partial charge in [0, 0.05) is 3.42 Å².